The lowest BCUT2D eigenvalue weighted by atomic mass is 10.1. The van der Waals surface area contributed by atoms with Crippen molar-refractivity contribution in [2.75, 3.05) is 25.4 Å². The van der Waals surface area contributed by atoms with Crippen LogP contribution in [0, 0.1) is 5.92 Å². The number of nitrogen functional groups attached to an aromatic ring is 1. The second-order valence-electron chi connectivity index (χ2n) is 5.33. The van der Waals surface area contributed by atoms with Crippen LogP contribution in [0.4, 0.5) is 5.69 Å². The highest BCUT2D eigenvalue weighted by Gasteiger charge is 2.27. The third-order valence-corrected chi connectivity index (χ3v) is 3.80. The Hall–Kier alpha value is -2.34. The first-order valence-corrected chi connectivity index (χ1v) is 6.99. The highest BCUT2D eigenvalue weighted by molar-refractivity contribution is 5.92. The fourth-order valence-electron chi connectivity index (χ4n) is 2.54. The number of nitrogens with two attached hydrogens (primary N) is 1. The van der Waals surface area contributed by atoms with E-state index in [1.165, 1.54) is 0 Å². The molecule has 21 heavy (non-hydrogen) atoms. The Morgan fingerprint density at radius 3 is 2.76 bits per heavy atom. The van der Waals surface area contributed by atoms with Gasteiger partial charge in [0.1, 0.15) is 0 Å². The van der Waals surface area contributed by atoms with Crippen LogP contribution in [0.1, 0.15) is 16.9 Å². The molecule has 0 saturated carbocycles. The smallest absolute Gasteiger partial charge is 0.274 e. The number of amides is 1. The summed E-state index contributed by atoms with van der Waals surface area (Å²) in [6.07, 6.45) is 2.61. The van der Waals surface area contributed by atoms with Gasteiger partial charge in [-0.2, -0.15) is 5.10 Å². The second-order valence-corrected chi connectivity index (χ2v) is 5.33. The average Bonchev–Trinajstić information content (AvgIpc) is 3.16. The number of hydrogen-bond donors (Lipinski definition) is 2. The topological polar surface area (TPSA) is 84.4 Å². The number of rotatable bonds is 3. The number of benzene rings is 1. The summed E-state index contributed by atoms with van der Waals surface area (Å²) in [5.74, 6) is 0.105. The van der Waals surface area contributed by atoms with Gasteiger partial charge in [0.15, 0.2) is 5.69 Å². The van der Waals surface area contributed by atoms with Gasteiger partial charge in [0.2, 0.25) is 0 Å². The Morgan fingerprint density at radius 2 is 2.10 bits per heavy atom. The summed E-state index contributed by atoms with van der Waals surface area (Å²) in [4.78, 5) is 14.1. The normalized spacial score (nSPS) is 18.1. The number of carbonyl (C=O) groups is 1. The Bertz CT molecular complexity index is 635. The SMILES string of the molecule is Nc1ccc(-n2ccc(C(=O)N3CCC(CO)C3)n2)cc1. The van der Waals surface area contributed by atoms with Gasteiger partial charge in [-0.3, -0.25) is 4.79 Å². The number of aromatic nitrogens is 2. The van der Waals surface area contributed by atoms with E-state index in [1.54, 1.807) is 34.0 Å². The van der Waals surface area contributed by atoms with Crippen molar-refractivity contribution in [2.45, 2.75) is 6.42 Å². The molecule has 2 aromatic rings. The summed E-state index contributed by atoms with van der Waals surface area (Å²) in [6, 6.07) is 9.02. The lowest BCUT2D eigenvalue weighted by molar-refractivity contribution is 0.0775. The van der Waals surface area contributed by atoms with Crippen LogP contribution >= 0.6 is 0 Å². The zero-order chi connectivity index (χ0) is 14.8. The highest BCUT2D eigenvalue weighted by Crippen LogP contribution is 2.18. The van der Waals surface area contributed by atoms with Gasteiger partial charge in [-0.25, -0.2) is 4.68 Å². The Labute approximate surface area is 122 Å². The van der Waals surface area contributed by atoms with Gasteiger partial charge in [0.05, 0.1) is 5.69 Å². The first-order chi connectivity index (χ1) is 10.2. The van der Waals surface area contributed by atoms with Crippen LogP contribution in [0.2, 0.25) is 0 Å². The number of aliphatic hydroxyl groups excluding tert-OH is 1. The number of aliphatic hydroxyl groups is 1. The van der Waals surface area contributed by atoms with Crippen LogP contribution in [-0.4, -0.2) is 45.4 Å². The van der Waals surface area contributed by atoms with Crippen molar-refractivity contribution < 1.29 is 9.90 Å². The van der Waals surface area contributed by atoms with Crippen molar-refractivity contribution >= 4 is 11.6 Å². The summed E-state index contributed by atoms with van der Waals surface area (Å²) in [6.45, 7) is 1.41. The minimum Gasteiger partial charge on any atom is -0.399 e. The molecule has 1 saturated heterocycles. The van der Waals surface area contributed by atoms with E-state index < -0.39 is 0 Å². The first kappa shape index (κ1) is 13.6. The van der Waals surface area contributed by atoms with E-state index in [0.29, 0.717) is 24.5 Å². The standard InChI is InChI=1S/C15H18N4O2/c16-12-1-3-13(4-2-12)19-8-6-14(17-19)15(21)18-7-5-11(9-18)10-20/h1-4,6,8,11,20H,5,7,9-10,16H2. The lowest BCUT2D eigenvalue weighted by Gasteiger charge is -2.14. The van der Waals surface area contributed by atoms with Gasteiger partial charge in [-0.05, 0) is 36.8 Å². The van der Waals surface area contributed by atoms with E-state index >= 15 is 0 Å². The third-order valence-electron chi connectivity index (χ3n) is 3.80. The number of carbonyl (C=O) groups excluding carboxylic acids is 1. The van der Waals surface area contributed by atoms with Gasteiger partial charge in [0.25, 0.3) is 5.91 Å². The lowest BCUT2D eigenvalue weighted by Crippen LogP contribution is -2.29. The number of likely N-dealkylation sites (tertiary alicyclic amines) is 1. The molecule has 0 spiro atoms. The molecule has 3 N–H and O–H groups in total. The molecule has 1 aromatic heterocycles. The molecule has 0 aliphatic carbocycles. The predicted molar refractivity (Wildman–Crippen MR) is 79.1 cm³/mol. The Kier molecular flexibility index (Phi) is 3.62. The largest absolute Gasteiger partial charge is 0.399 e. The molecule has 2 heterocycles. The van der Waals surface area contributed by atoms with Gasteiger partial charge in [-0.1, -0.05) is 0 Å². The molecule has 6 heteroatoms. The molecule has 110 valence electrons. The van der Waals surface area contributed by atoms with Crippen LogP contribution in [0.5, 0.6) is 0 Å². The molecular formula is C15H18N4O2. The number of nitrogens with zero attached hydrogens (tertiary/aromatic N) is 3. The van der Waals surface area contributed by atoms with Crippen LogP contribution in [0.25, 0.3) is 5.69 Å². The Balaban J connectivity index is 1.75. The highest BCUT2D eigenvalue weighted by atomic mass is 16.3. The minimum absolute atomic E-state index is 0.0832. The fraction of sp³-hybridized carbons (Fsp3) is 0.333. The molecule has 1 aromatic carbocycles. The monoisotopic (exact) mass is 286 g/mol. The van der Waals surface area contributed by atoms with Crippen molar-refractivity contribution in [3.8, 4) is 5.69 Å². The van der Waals surface area contributed by atoms with Crippen molar-refractivity contribution in [1.29, 1.82) is 0 Å². The molecular weight excluding hydrogens is 268 g/mol. The molecule has 1 amide bonds. The summed E-state index contributed by atoms with van der Waals surface area (Å²) < 4.78 is 1.66. The van der Waals surface area contributed by atoms with Crippen molar-refractivity contribution in [2.24, 2.45) is 5.92 Å². The maximum absolute atomic E-state index is 12.4. The number of anilines is 1. The van der Waals surface area contributed by atoms with Crippen molar-refractivity contribution in [1.82, 2.24) is 14.7 Å². The first-order valence-electron chi connectivity index (χ1n) is 6.99. The maximum Gasteiger partial charge on any atom is 0.274 e. The third kappa shape index (κ3) is 2.75. The maximum atomic E-state index is 12.4. The molecule has 1 fully saturated rings. The second kappa shape index (κ2) is 5.57. The van der Waals surface area contributed by atoms with E-state index in [0.717, 1.165) is 12.1 Å². The van der Waals surface area contributed by atoms with Crippen LogP contribution in [-0.2, 0) is 0 Å². The summed E-state index contributed by atoms with van der Waals surface area (Å²) in [5, 5.41) is 13.5. The minimum atomic E-state index is -0.0832. The van der Waals surface area contributed by atoms with Crippen LogP contribution in [0.3, 0.4) is 0 Å². The zero-order valence-corrected chi connectivity index (χ0v) is 11.6. The molecule has 1 aliphatic heterocycles. The predicted octanol–water partition coefficient (Wildman–Crippen LogP) is 0.909. The molecule has 3 rings (SSSR count). The van der Waals surface area contributed by atoms with Gasteiger partial charge >= 0.3 is 0 Å². The molecule has 1 unspecified atom stereocenters. The van der Waals surface area contributed by atoms with E-state index in [2.05, 4.69) is 5.10 Å². The average molecular weight is 286 g/mol. The van der Waals surface area contributed by atoms with Gasteiger partial charge in [0, 0.05) is 37.5 Å². The van der Waals surface area contributed by atoms with E-state index in [1.807, 2.05) is 12.1 Å². The summed E-state index contributed by atoms with van der Waals surface area (Å²) in [5.41, 5.74) is 7.63. The Morgan fingerprint density at radius 1 is 1.33 bits per heavy atom. The van der Waals surface area contributed by atoms with Crippen molar-refractivity contribution in [3.05, 3.63) is 42.2 Å². The summed E-state index contributed by atoms with van der Waals surface area (Å²) >= 11 is 0. The van der Waals surface area contributed by atoms with E-state index in [-0.39, 0.29) is 18.4 Å². The van der Waals surface area contributed by atoms with Crippen LogP contribution in [0.15, 0.2) is 36.5 Å². The summed E-state index contributed by atoms with van der Waals surface area (Å²) in [7, 11) is 0. The van der Waals surface area contributed by atoms with Gasteiger partial charge < -0.3 is 15.7 Å². The van der Waals surface area contributed by atoms with E-state index in [9.17, 15) is 4.79 Å². The zero-order valence-electron chi connectivity index (χ0n) is 11.6. The van der Waals surface area contributed by atoms with Gasteiger partial charge in [-0.15, -0.1) is 0 Å². The molecule has 1 aliphatic rings. The molecule has 6 nitrogen and oxygen atoms in total. The van der Waals surface area contributed by atoms with E-state index in [4.69, 9.17) is 10.8 Å². The molecule has 0 radical (unpaired) electrons. The fourth-order valence-corrected chi connectivity index (χ4v) is 2.54. The van der Waals surface area contributed by atoms with Crippen molar-refractivity contribution in [3.63, 3.8) is 0 Å². The quantitative estimate of drug-likeness (QED) is 0.821. The van der Waals surface area contributed by atoms with Crippen LogP contribution < -0.4 is 5.73 Å². The molecule has 1 atom stereocenters. The molecule has 0 bridgehead atoms. The number of hydrogen-bond acceptors (Lipinski definition) is 4.